The highest BCUT2D eigenvalue weighted by Gasteiger charge is 2.30. The third kappa shape index (κ3) is 15.5. The van der Waals surface area contributed by atoms with Gasteiger partial charge in [-0.2, -0.15) is 0 Å². The number of aliphatic hydroxyl groups is 2. The summed E-state index contributed by atoms with van der Waals surface area (Å²) in [5.41, 5.74) is 3.87. The van der Waals surface area contributed by atoms with Crippen LogP contribution in [0.2, 0.25) is 10.0 Å². The van der Waals surface area contributed by atoms with Crippen molar-refractivity contribution in [2.45, 2.75) is 31.6 Å². The van der Waals surface area contributed by atoms with Crippen LogP contribution in [0.5, 0.6) is 0 Å². The van der Waals surface area contributed by atoms with Crippen LogP contribution < -0.4 is 21.3 Å². The Labute approximate surface area is 314 Å². The number of ether oxygens (including phenoxy) is 5. The molecule has 6 N–H and O–H groups in total. The number of hydrogen-bond acceptors (Lipinski definition) is 11. The first-order valence-electron chi connectivity index (χ1n) is 17.2. The van der Waals surface area contributed by atoms with Crippen LogP contribution in [0.15, 0.2) is 36.4 Å². The van der Waals surface area contributed by atoms with E-state index in [9.17, 15) is 24.6 Å². The average Bonchev–Trinajstić information content (AvgIpc) is 3.12. The van der Waals surface area contributed by atoms with Crippen LogP contribution in [0, 0.1) is 0 Å². The molecule has 0 radical (unpaired) electrons. The molecule has 0 aliphatic carbocycles. The summed E-state index contributed by atoms with van der Waals surface area (Å²) in [6, 6.07) is 11.1. The maximum absolute atomic E-state index is 12.5. The minimum Gasteiger partial charge on any atom is -0.380 e. The second kappa shape index (κ2) is 24.3. The van der Waals surface area contributed by atoms with Crippen molar-refractivity contribution in [3.8, 4) is 0 Å². The maximum atomic E-state index is 12.5. The Morgan fingerprint density at radius 3 is 1.90 bits per heavy atom. The molecule has 0 saturated carbocycles. The smallest absolute Gasteiger partial charge is 0.319 e. The lowest BCUT2D eigenvalue weighted by Crippen LogP contribution is -2.50. The number of urea groups is 1. The van der Waals surface area contributed by atoms with Crippen molar-refractivity contribution in [1.82, 2.24) is 20.9 Å². The van der Waals surface area contributed by atoms with Gasteiger partial charge in [-0.25, -0.2) is 4.79 Å². The predicted octanol–water partition coefficient (Wildman–Crippen LogP) is 1.75. The van der Waals surface area contributed by atoms with Crippen LogP contribution in [0.4, 0.5) is 10.5 Å². The summed E-state index contributed by atoms with van der Waals surface area (Å²) in [6.45, 7) is 7.06. The van der Waals surface area contributed by atoms with Gasteiger partial charge in [0, 0.05) is 61.0 Å². The number of carbonyl (C=O) groups is 3. The van der Waals surface area contributed by atoms with Crippen molar-refractivity contribution >= 4 is 46.7 Å². The Morgan fingerprint density at radius 1 is 0.788 bits per heavy atom. The summed E-state index contributed by atoms with van der Waals surface area (Å²) in [5, 5.41) is 31.5. The van der Waals surface area contributed by atoms with Crippen molar-refractivity contribution in [2.75, 3.05) is 105 Å². The number of anilines is 1. The van der Waals surface area contributed by atoms with Crippen LogP contribution >= 0.6 is 23.2 Å². The molecule has 2 aromatic carbocycles. The third-order valence-electron chi connectivity index (χ3n) is 7.82. The number of hydrogen-bond donors (Lipinski definition) is 6. The van der Waals surface area contributed by atoms with E-state index in [0.717, 1.165) is 29.8 Å². The predicted molar refractivity (Wildman–Crippen MR) is 196 cm³/mol. The molecule has 0 saturated heterocycles. The van der Waals surface area contributed by atoms with Gasteiger partial charge in [-0.05, 0) is 54.9 Å². The monoisotopic (exact) mass is 771 g/mol. The minimum absolute atomic E-state index is 0.0567. The summed E-state index contributed by atoms with van der Waals surface area (Å²) in [4.78, 5) is 38.7. The molecule has 1 aliphatic heterocycles. The van der Waals surface area contributed by atoms with Gasteiger partial charge < -0.3 is 60.1 Å². The van der Waals surface area contributed by atoms with Crippen LogP contribution in [0.3, 0.4) is 0 Å². The van der Waals surface area contributed by atoms with Crippen LogP contribution in [-0.4, -0.2) is 144 Å². The highest BCUT2D eigenvalue weighted by Crippen LogP contribution is 2.38. The topological polar surface area (TPSA) is 189 Å². The molecule has 0 fully saturated rings. The van der Waals surface area contributed by atoms with E-state index < -0.39 is 24.0 Å². The summed E-state index contributed by atoms with van der Waals surface area (Å²) >= 11 is 12.8. The number of amides is 4. The number of halogens is 2. The van der Waals surface area contributed by atoms with E-state index in [-0.39, 0.29) is 51.5 Å². The molecule has 17 heteroatoms. The Kier molecular flexibility index (Phi) is 20.2. The molecule has 3 unspecified atom stereocenters. The van der Waals surface area contributed by atoms with Crippen molar-refractivity contribution in [3.05, 3.63) is 63.1 Å². The van der Waals surface area contributed by atoms with E-state index in [2.05, 4.69) is 26.2 Å². The van der Waals surface area contributed by atoms with Crippen molar-refractivity contribution in [3.63, 3.8) is 0 Å². The summed E-state index contributed by atoms with van der Waals surface area (Å²) in [7, 11) is 2.05. The quantitative estimate of drug-likeness (QED) is 0.0854. The van der Waals surface area contributed by atoms with Gasteiger partial charge in [0.1, 0.15) is 0 Å². The van der Waals surface area contributed by atoms with Crippen LogP contribution in [-0.2, 0) is 39.8 Å². The number of nitrogens with zero attached hydrogens (tertiary/aromatic N) is 1. The van der Waals surface area contributed by atoms with Gasteiger partial charge in [0.05, 0.1) is 59.5 Å². The summed E-state index contributed by atoms with van der Waals surface area (Å²) in [5.74, 6) is -1.73. The molecule has 0 bridgehead atoms. The highest BCUT2D eigenvalue weighted by molar-refractivity contribution is 6.35. The molecular weight excluding hydrogens is 721 g/mol. The zero-order valence-electron chi connectivity index (χ0n) is 29.7. The zero-order chi connectivity index (χ0) is 37.7. The van der Waals surface area contributed by atoms with Gasteiger partial charge >= 0.3 is 6.03 Å². The number of benzene rings is 2. The Morgan fingerprint density at radius 2 is 1.33 bits per heavy atom. The molecule has 0 spiro atoms. The van der Waals surface area contributed by atoms with E-state index >= 15 is 0 Å². The molecule has 3 rings (SSSR count). The summed E-state index contributed by atoms with van der Waals surface area (Å²) < 4.78 is 26.7. The molecule has 1 aliphatic rings. The lowest BCUT2D eigenvalue weighted by atomic mass is 9.84. The molecule has 15 nitrogen and oxygen atoms in total. The molecule has 2 aromatic rings. The lowest BCUT2D eigenvalue weighted by Gasteiger charge is -2.33. The van der Waals surface area contributed by atoms with Crippen molar-refractivity contribution < 1.29 is 48.3 Å². The van der Waals surface area contributed by atoms with Crippen LogP contribution in [0.25, 0.3) is 0 Å². The number of likely N-dealkylation sites (N-methyl/N-ethyl adjacent to an activating group) is 1. The van der Waals surface area contributed by atoms with E-state index in [4.69, 9.17) is 46.9 Å². The van der Waals surface area contributed by atoms with Gasteiger partial charge in [0.25, 0.3) is 11.8 Å². The fourth-order valence-electron chi connectivity index (χ4n) is 5.27. The van der Waals surface area contributed by atoms with E-state index in [1.54, 1.807) is 6.07 Å². The number of nitrogens with one attached hydrogen (secondary N) is 4. The maximum Gasteiger partial charge on any atom is 0.319 e. The average molecular weight is 773 g/mol. The Hall–Kier alpha value is -3.09. The van der Waals surface area contributed by atoms with Gasteiger partial charge in [-0.3, -0.25) is 9.59 Å². The zero-order valence-corrected chi connectivity index (χ0v) is 31.2. The number of rotatable bonds is 24. The standard InChI is InChI=1S/C35H51Cl2N5O10/c1-3-48-13-14-49-10-7-38-33(45)31(43)32(44)34(46)39-8-11-50-15-17-52-18-16-51-12-9-40-35(47)41-26-6-4-5-24(19-26)28-22-42(2)23-29-27(28)20-25(36)21-30(29)37/h4-6,19-21,28,31-32,43-44H,3,7-18,22-23H2,1-2H3,(H,38,45)(H,39,46)(H2,40,41,47). The van der Waals surface area contributed by atoms with Gasteiger partial charge in [-0.1, -0.05) is 35.3 Å². The molecule has 0 aromatic heterocycles. The molecular formula is C35H51Cl2N5O10. The van der Waals surface area contributed by atoms with Crippen molar-refractivity contribution in [2.24, 2.45) is 0 Å². The fraction of sp³-hybridized carbons (Fsp3) is 0.571. The van der Waals surface area contributed by atoms with Gasteiger partial charge in [-0.15, -0.1) is 0 Å². The SMILES string of the molecule is CCOCCOCCNC(=O)C(O)C(O)C(=O)NCCOCCOCCOCCNC(=O)Nc1cccc(C2CN(C)Cc3c(Cl)cc(Cl)cc32)c1. The summed E-state index contributed by atoms with van der Waals surface area (Å²) in [6.07, 6.45) is -3.86. The van der Waals surface area contributed by atoms with E-state index in [1.807, 2.05) is 44.3 Å². The second-order valence-electron chi connectivity index (χ2n) is 11.8. The Balaban J connectivity index is 1.18. The lowest BCUT2D eigenvalue weighted by molar-refractivity contribution is -0.146. The van der Waals surface area contributed by atoms with Gasteiger partial charge in [0.15, 0.2) is 12.2 Å². The third-order valence-corrected chi connectivity index (χ3v) is 8.37. The van der Waals surface area contributed by atoms with E-state index in [1.165, 1.54) is 0 Å². The van der Waals surface area contributed by atoms with E-state index in [0.29, 0.717) is 61.9 Å². The normalized spacial score (nSPS) is 15.4. The number of carbonyl (C=O) groups excluding carboxylic acids is 3. The second-order valence-corrected chi connectivity index (χ2v) is 12.7. The minimum atomic E-state index is -1.93. The fourth-order valence-corrected chi connectivity index (χ4v) is 5.84. The van der Waals surface area contributed by atoms with Crippen molar-refractivity contribution in [1.29, 1.82) is 0 Å². The largest absolute Gasteiger partial charge is 0.380 e. The molecule has 52 heavy (non-hydrogen) atoms. The Bertz CT molecular complexity index is 1410. The molecule has 3 atom stereocenters. The first-order valence-corrected chi connectivity index (χ1v) is 18.0. The number of aliphatic hydroxyl groups excluding tert-OH is 2. The number of fused-ring (bicyclic) bond motifs is 1. The van der Waals surface area contributed by atoms with Crippen LogP contribution in [0.1, 0.15) is 29.5 Å². The first-order chi connectivity index (χ1) is 25.1. The molecule has 4 amide bonds. The highest BCUT2D eigenvalue weighted by atomic mass is 35.5. The molecule has 1 heterocycles. The van der Waals surface area contributed by atoms with Gasteiger partial charge in [0.2, 0.25) is 0 Å². The molecule has 290 valence electrons. The first kappa shape index (κ1) is 43.3.